The molecule has 4 rings (SSSR count). The number of Topliss-reactive ketones (excluding diaryl/α,β-unsaturated/α-hetero) is 1. The van der Waals surface area contributed by atoms with Crippen molar-refractivity contribution >= 4 is 17.7 Å². The Kier molecular flexibility index (Phi) is 5.56. The van der Waals surface area contributed by atoms with Gasteiger partial charge in [0.15, 0.2) is 0 Å². The van der Waals surface area contributed by atoms with Crippen LogP contribution in [0.5, 0.6) is 5.75 Å². The number of ketones is 1. The van der Waals surface area contributed by atoms with E-state index in [1.165, 1.54) is 0 Å². The summed E-state index contributed by atoms with van der Waals surface area (Å²) in [6, 6.07) is 16.3. The Bertz CT molecular complexity index is 1000. The van der Waals surface area contributed by atoms with Gasteiger partial charge in [-0.2, -0.15) is 0 Å². The highest BCUT2D eigenvalue weighted by Gasteiger charge is 2.65. The number of fused-ring (bicyclic) bond motifs is 1. The minimum absolute atomic E-state index is 0.0352. The zero-order valence-corrected chi connectivity index (χ0v) is 17.8. The standard InChI is InChI=1S/C25H27NO5/c1-16-23-20(27)13-12-19(17-8-4-3-5-9-17)25(23,24(29)30)15-26(16)22(28)14-18-10-6-7-11-21(18)31-2/h3-11,16,19,23H,12-15H2,1-2H3,(H,29,30). The van der Waals surface area contributed by atoms with Crippen molar-refractivity contribution in [2.24, 2.45) is 11.3 Å². The van der Waals surface area contributed by atoms with Crippen LogP contribution < -0.4 is 4.74 Å². The first-order valence-electron chi connectivity index (χ1n) is 10.6. The molecule has 2 aliphatic rings. The van der Waals surface area contributed by atoms with Crippen molar-refractivity contribution in [3.05, 3.63) is 65.7 Å². The van der Waals surface area contributed by atoms with E-state index < -0.39 is 23.3 Å². The molecule has 0 spiro atoms. The number of amides is 1. The van der Waals surface area contributed by atoms with Gasteiger partial charge in [-0.25, -0.2) is 0 Å². The van der Waals surface area contributed by atoms with Gasteiger partial charge in [0.25, 0.3) is 0 Å². The number of carbonyl (C=O) groups excluding carboxylic acids is 2. The Balaban J connectivity index is 1.71. The lowest BCUT2D eigenvalue weighted by atomic mass is 9.58. The average Bonchev–Trinajstić information content (AvgIpc) is 3.10. The van der Waals surface area contributed by atoms with E-state index in [4.69, 9.17) is 4.74 Å². The molecule has 1 N–H and O–H groups in total. The van der Waals surface area contributed by atoms with E-state index in [0.29, 0.717) is 18.6 Å². The summed E-state index contributed by atoms with van der Waals surface area (Å²) in [5.41, 5.74) is 0.341. The number of benzene rings is 2. The first-order chi connectivity index (χ1) is 14.9. The van der Waals surface area contributed by atoms with E-state index in [0.717, 1.165) is 11.1 Å². The van der Waals surface area contributed by atoms with Gasteiger partial charge in [0.2, 0.25) is 5.91 Å². The van der Waals surface area contributed by atoms with Crippen molar-refractivity contribution in [2.75, 3.05) is 13.7 Å². The second-order valence-corrected chi connectivity index (χ2v) is 8.54. The highest BCUT2D eigenvalue weighted by atomic mass is 16.5. The Hall–Kier alpha value is -3.15. The van der Waals surface area contributed by atoms with Gasteiger partial charge in [-0.15, -0.1) is 0 Å². The van der Waals surface area contributed by atoms with Gasteiger partial charge in [0.1, 0.15) is 16.9 Å². The summed E-state index contributed by atoms with van der Waals surface area (Å²) in [6.07, 6.45) is 0.909. The lowest BCUT2D eigenvalue weighted by Gasteiger charge is -2.41. The SMILES string of the molecule is COc1ccccc1CC(=O)N1CC2(C(=O)O)C(c3ccccc3)CCC(=O)C2C1C. The Morgan fingerprint density at radius 3 is 2.48 bits per heavy atom. The highest BCUT2D eigenvalue weighted by molar-refractivity contribution is 5.94. The van der Waals surface area contributed by atoms with Gasteiger partial charge in [-0.1, -0.05) is 48.5 Å². The van der Waals surface area contributed by atoms with Crippen LogP contribution in [0.25, 0.3) is 0 Å². The normalized spacial score (nSPS) is 27.6. The molecule has 1 amide bonds. The van der Waals surface area contributed by atoms with Crippen LogP contribution >= 0.6 is 0 Å². The highest BCUT2D eigenvalue weighted by Crippen LogP contribution is 2.55. The van der Waals surface area contributed by atoms with Gasteiger partial charge < -0.3 is 14.7 Å². The lowest BCUT2D eigenvalue weighted by molar-refractivity contribution is -0.158. The topological polar surface area (TPSA) is 83.9 Å². The largest absolute Gasteiger partial charge is 0.496 e. The summed E-state index contributed by atoms with van der Waals surface area (Å²) >= 11 is 0. The molecule has 0 bridgehead atoms. The Labute approximate surface area is 181 Å². The van der Waals surface area contributed by atoms with Crippen molar-refractivity contribution in [3.8, 4) is 5.75 Å². The molecule has 0 radical (unpaired) electrons. The fourth-order valence-electron chi connectivity index (χ4n) is 5.65. The Morgan fingerprint density at radius 2 is 1.81 bits per heavy atom. The summed E-state index contributed by atoms with van der Waals surface area (Å²) in [7, 11) is 1.55. The summed E-state index contributed by atoms with van der Waals surface area (Å²) in [5, 5.41) is 10.4. The molecule has 4 atom stereocenters. The number of carboxylic acids is 1. The number of nitrogens with zero attached hydrogens (tertiary/aromatic N) is 1. The van der Waals surface area contributed by atoms with Crippen molar-refractivity contribution in [2.45, 2.75) is 38.1 Å². The number of carbonyl (C=O) groups is 3. The zero-order chi connectivity index (χ0) is 22.2. The van der Waals surface area contributed by atoms with Crippen LogP contribution in [-0.2, 0) is 20.8 Å². The molecule has 4 unspecified atom stereocenters. The van der Waals surface area contributed by atoms with E-state index >= 15 is 0 Å². The summed E-state index contributed by atoms with van der Waals surface area (Å²) in [4.78, 5) is 40.6. The minimum atomic E-state index is -1.31. The molecule has 1 aliphatic carbocycles. The fraction of sp³-hybridized carbons (Fsp3) is 0.400. The van der Waals surface area contributed by atoms with Crippen molar-refractivity contribution in [1.29, 1.82) is 0 Å². The van der Waals surface area contributed by atoms with E-state index in [-0.39, 0.29) is 30.6 Å². The van der Waals surface area contributed by atoms with Gasteiger partial charge in [0, 0.05) is 30.5 Å². The number of likely N-dealkylation sites (tertiary alicyclic amines) is 1. The monoisotopic (exact) mass is 421 g/mol. The molecule has 0 aromatic heterocycles. The quantitative estimate of drug-likeness (QED) is 0.801. The number of carboxylic acid groups (broad SMARTS) is 1. The second kappa shape index (κ2) is 8.17. The molecule has 6 heteroatoms. The molecule has 1 saturated carbocycles. The van der Waals surface area contributed by atoms with Gasteiger partial charge in [0.05, 0.1) is 19.4 Å². The molecule has 6 nitrogen and oxygen atoms in total. The van der Waals surface area contributed by atoms with Crippen LogP contribution in [-0.4, -0.2) is 47.4 Å². The average molecular weight is 421 g/mol. The van der Waals surface area contributed by atoms with Gasteiger partial charge in [-0.3, -0.25) is 14.4 Å². The maximum atomic E-state index is 13.3. The lowest BCUT2D eigenvalue weighted by Crippen LogP contribution is -2.50. The van der Waals surface area contributed by atoms with Crippen molar-refractivity contribution < 1.29 is 24.2 Å². The fourth-order valence-corrected chi connectivity index (χ4v) is 5.65. The molecule has 162 valence electrons. The summed E-state index contributed by atoms with van der Waals surface area (Å²) in [5.74, 6) is -1.67. The number of aliphatic carboxylic acids is 1. The number of hydrogen-bond donors (Lipinski definition) is 1. The predicted molar refractivity (Wildman–Crippen MR) is 115 cm³/mol. The van der Waals surface area contributed by atoms with Gasteiger partial charge in [-0.05, 0) is 25.0 Å². The van der Waals surface area contributed by atoms with Crippen LogP contribution in [0, 0.1) is 11.3 Å². The molecule has 2 aromatic rings. The minimum Gasteiger partial charge on any atom is -0.496 e. The van der Waals surface area contributed by atoms with E-state index in [1.807, 2.05) is 48.5 Å². The first-order valence-corrected chi connectivity index (χ1v) is 10.6. The molecule has 1 saturated heterocycles. The molecular formula is C25H27NO5. The van der Waals surface area contributed by atoms with Crippen LogP contribution in [0.15, 0.2) is 54.6 Å². The maximum absolute atomic E-state index is 13.3. The third-order valence-electron chi connectivity index (χ3n) is 7.06. The van der Waals surface area contributed by atoms with Crippen LogP contribution in [0.3, 0.4) is 0 Å². The third kappa shape index (κ3) is 3.40. The number of ether oxygens (including phenoxy) is 1. The third-order valence-corrected chi connectivity index (χ3v) is 7.06. The molecule has 31 heavy (non-hydrogen) atoms. The molecule has 1 aliphatic heterocycles. The smallest absolute Gasteiger partial charge is 0.312 e. The Morgan fingerprint density at radius 1 is 1.13 bits per heavy atom. The van der Waals surface area contributed by atoms with Crippen molar-refractivity contribution in [1.82, 2.24) is 4.90 Å². The van der Waals surface area contributed by atoms with Crippen LogP contribution in [0.2, 0.25) is 0 Å². The maximum Gasteiger partial charge on any atom is 0.312 e. The molecule has 1 heterocycles. The van der Waals surface area contributed by atoms with E-state index in [2.05, 4.69) is 0 Å². The predicted octanol–water partition coefficient (Wildman–Crippen LogP) is 3.30. The number of rotatable bonds is 5. The summed E-state index contributed by atoms with van der Waals surface area (Å²) < 4.78 is 5.36. The molecule has 2 fully saturated rings. The van der Waals surface area contributed by atoms with Crippen LogP contribution in [0.4, 0.5) is 0 Å². The van der Waals surface area contributed by atoms with E-state index in [9.17, 15) is 19.5 Å². The van der Waals surface area contributed by atoms with Crippen LogP contribution in [0.1, 0.15) is 36.8 Å². The molecular weight excluding hydrogens is 394 g/mol. The zero-order valence-electron chi connectivity index (χ0n) is 17.8. The first kappa shape index (κ1) is 21.1. The number of hydrogen-bond acceptors (Lipinski definition) is 4. The number of para-hydroxylation sites is 1. The number of methoxy groups -OCH3 is 1. The summed E-state index contributed by atoms with van der Waals surface area (Å²) in [6.45, 7) is 1.84. The second-order valence-electron chi connectivity index (χ2n) is 8.54. The van der Waals surface area contributed by atoms with E-state index in [1.54, 1.807) is 25.0 Å². The van der Waals surface area contributed by atoms with Crippen molar-refractivity contribution in [3.63, 3.8) is 0 Å². The van der Waals surface area contributed by atoms with Gasteiger partial charge >= 0.3 is 5.97 Å². The molecule has 2 aromatic carbocycles.